The standard InChI is InChI=1S/C17H26N6O3/c1-9(2)22(10-4-3-5-10)6-11-13(24)14(25)17(26-11)23-8-21-12-15(18)19-7-20-16(12)23/h7-11,13-14,17,24-25H,3-6H2,1-2H3,(H2,18,19,20)/t11-,13-,14-,17-/m1/s1. The van der Waals surface area contributed by atoms with Crippen LogP contribution in [0.1, 0.15) is 39.3 Å². The van der Waals surface area contributed by atoms with E-state index in [-0.39, 0.29) is 5.82 Å². The SMILES string of the molecule is CC(C)N(C[C@H]1O[C@@H](n2cnc3c(N)ncnc32)[C@H](O)[C@@H]1O)C1CCC1. The van der Waals surface area contributed by atoms with Gasteiger partial charge in [0.15, 0.2) is 17.7 Å². The van der Waals surface area contributed by atoms with Crippen molar-refractivity contribution in [3.63, 3.8) is 0 Å². The summed E-state index contributed by atoms with van der Waals surface area (Å²) in [4.78, 5) is 14.7. The van der Waals surface area contributed by atoms with Crippen molar-refractivity contribution in [1.82, 2.24) is 24.4 Å². The molecule has 1 aliphatic heterocycles. The number of hydrogen-bond donors (Lipinski definition) is 3. The summed E-state index contributed by atoms with van der Waals surface area (Å²) in [6.45, 7) is 4.88. The number of aliphatic hydroxyl groups is 2. The van der Waals surface area contributed by atoms with Gasteiger partial charge in [-0.1, -0.05) is 6.42 Å². The predicted octanol–water partition coefficient (Wildman–Crippen LogP) is 0.291. The van der Waals surface area contributed by atoms with Crippen molar-refractivity contribution in [1.29, 1.82) is 0 Å². The Morgan fingerprint density at radius 2 is 2.04 bits per heavy atom. The molecule has 2 aliphatic rings. The van der Waals surface area contributed by atoms with Crippen molar-refractivity contribution < 1.29 is 14.9 Å². The van der Waals surface area contributed by atoms with Gasteiger partial charge in [-0.3, -0.25) is 9.47 Å². The quantitative estimate of drug-likeness (QED) is 0.694. The molecular formula is C17H26N6O3. The van der Waals surface area contributed by atoms with Crippen LogP contribution in [0.4, 0.5) is 5.82 Å². The zero-order valence-electron chi connectivity index (χ0n) is 15.1. The monoisotopic (exact) mass is 362 g/mol. The fourth-order valence-corrected chi connectivity index (χ4v) is 3.87. The predicted molar refractivity (Wildman–Crippen MR) is 95.1 cm³/mol. The van der Waals surface area contributed by atoms with E-state index in [1.54, 1.807) is 4.57 Å². The van der Waals surface area contributed by atoms with Crippen molar-refractivity contribution in [2.75, 3.05) is 12.3 Å². The van der Waals surface area contributed by atoms with Gasteiger partial charge in [0, 0.05) is 18.6 Å². The molecule has 2 aromatic heterocycles. The van der Waals surface area contributed by atoms with Gasteiger partial charge >= 0.3 is 0 Å². The highest BCUT2D eigenvalue weighted by atomic mass is 16.6. The summed E-state index contributed by atoms with van der Waals surface area (Å²) in [5.74, 6) is 0.273. The summed E-state index contributed by atoms with van der Waals surface area (Å²) >= 11 is 0. The Kier molecular flexibility index (Phi) is 4.55. The van der Waals surface area contributed by atoms with E-state index in [9.17, 15) is 10.2 Å². The molecule has 0 aromatic carbocycles. The molecule has 3 heterocycles. The molecule has 2 fully saturated rings. The zero-order chi connectivity index (χ0) is 18.4. The number of fused-ring (bicyclic) bond motifs is 1. The lowest BCUT2D eigenvalue weighted by Crippen LogP contribution is -2.50. The van der Waals surface area contributed by atoms with E-state index in [2.05, 4.69) is 33.7 Å². The third kappa shape index (κ3) is 2.84. The first-order valence-electron chi connectivity index (χ1n) is 9.17. The third-order valence-electron chi connectivity index (χ3n) is 5.60. The molecule has 0 radical (unpaired) electrons. The maximum atomic E-state index is 10.6. The van der Waals surface area contributed by atoms with Gasteiger partial charge in [0.25, 0.3) is 0 Å². The molecule has 4 N–H and O–H groups in total. The van der Waals surface area contributed by atoms with Gasteiger partial charge in [-0.25, -0.2) is 15.0 Å². The van der Waals surface area contributed by atoms with Crippen LogP contribution < -0.4 is 5.73 Å². The fraction of sp³-hybridized carbons (Fsp3) is 0.706. The van der Waals surface area contributed by atoms with Crippen LogP contribution in [0.2, 0.25) is 0 Å². The summed E-state index contributed by atoms with van der Waals surface area (Å²) in [6.07, 6.45) is 3.19. The first-order valence-corrected chi connectivity index (χ1v) is 9.17. The van der Waals surface area contributed by atoms with E-state index >= 15 is 0 Å². The van der Waals surface area contributed by atoms with Gasteiger partial charge < -0.3 is 20.7 Å². The molecule has 1 aliphatic carbocycles. The molecule has 1 saturated heterocycles. The molecule has 9 heteroatoms. The van der Waals surface area contributed by atoms with Gasteiger partial charge in [0.05, 0.1) is 6.33 Å². The number of aliphatic hydroxyl groups excluding tert-OH is 2. The summed E-state index contributed by atoms with van der Waals surface area (Å²) in [7, 11) is 0. The summed E-state index contributed by atoms with van der Waals surface area (Å²) in [5.41, 5.74) is 6.76. The minimum atomic E-state index is -1.07. The molecule has 0 unspecified atom stereocenters. The van der Waals surface area contributed by atoms with Crippen LogP contribution in [0.25, 0.3) is 11.2 Å². The third-order valence-corrected chi connectivity index (χ3v) is 5.60. The van der Waals surface area contributed by atoms with Crippen LogP contribution in [0.3, 0.4) is 0 Å². The second-order valence-corrected chi connectivity index (χ2v) is 7.50. The lowest BCUT2D eigenvalue weighted by Gasteiger charge is -2.41. The average Bonchev–Trinajstić information content (AvgIpc) is 3.10. The van der Waals surface area contributed by atoms with Crippen LogP contribution in [-0.4, -0.2) is 71.6 Å². The molecule has 142 valence electrons. The average molecular weight is 362 g/mol. The fourth-order valence-electron chi connectivity index (χ4n) is 3.87. The minimum Gasteiger partial charge on any atom is -0.387 e. The van der Waals surface area contributed by atoms with Gasteiger partial charge in [0.2, 0.25) is 0 Å². The maximum Gasteiger partial charge on any atom is 0.167 e. The van der Waals surface area contributed by atoms with Crippen molar-refractivity contribution in [3.8, 4) is 0 Å². The number of nitrogens with two attached hydrogens (primary N) is 1. The summed E-state index contributed by atoms with van der Waals surface area (Å²) < 4.78 is 7.67. The Morgan fingerprint density at radius 3 is 2.69 bits per heavy atom. The lowest BCUT2D eigenvalue weighted by atomic mass is 9.90. The van der Waals surface area contributed by atoms with Crippen LogP contribution in [0.15, 0.2) is 12.7 Å². The summed E-state index contributed by atoms with van der Waals surface area (Å²) in [6, 6.07) is 0.887. The normalized spacial score (nSPS) is 29.8. The Bertz CT molecular complexity index is 777. The molecule has 4 rings (SSSR count). The topological polar surface area (TPSA) is 123 Å². The minimum absolute atomic E-state index is 0.273. The van der Waals surface area contributed by atoms with Crippen LogP contribution in [0, 0.1) is 0 Å². The van der Waals surface area contributed by atoms with E-state index in [1.807, 2.05) is 0 Å². The van der Waals surface area contributed by atoms with Crippen molar-refractivity contribution in [2.24, 2.45) is 0 Å². The molecule has 1 saturated carbocycles. The van der Waals surface area contributed by atoms with Gasteiger partial charge in [-0.15, -0.1) is 0 Å². The zero-order valence-corrected chi connectivity index (χ0v) is 15.1. The molecule has 9 nitrogen and oxygen atoms in total. The molecular weight excluding hydrogens is 336 g/mol. The number of imidazole rings is 1. The highest BCUT2D eigenvalue weighted by molar-refractivity contribution is 5.81. The van der Waals surface area contributed by atoms with E-state index in [0.717, 1.165) is 0 Å². The number of aromatic nitrogens is 4. The van der Waals surface area contributed by atoms with Crippen molar-refractivity contribution in [2.45, 2.75) is 69.7 Å². The number of ether oxygens (including phenoxy) is 1. The summed E-state index contributed by atoms with van der Waals surface area (Å²) in [5, 5.41) is 21.1. The molecule has 0 amide bonds. The van der Waals surface area contributed by atoms with Crippen LogP contribution >= 0.6 is 0 Å². The van der Waals surface area contributed by atoms with Gasteiger partial charge in [0.1, 0.15) is 30.2 Å². The molecule has 0 spiro atoms. The number of nitrogens with zero attached hydrogens (tertiary/aromatic N) is 5. The van der Waals surface area contributed by atoms with Gasteiger partial charge in [-0.2, -0.15) is 0 Å². The highest BCUT2D eigenvalue weighted by Crippen LogP contribution is 2.34. The van der Waals surface area contributed by atoms with E-state index in [4.69, 9.17) is 10.5 Å². The van der Waals surface area contributed by atoms with E-state index in [1.165, 1.54) is 31.9 Å². The molecule has 26 heavy (non-hydrogen) atoms. The maximum absolute atomic E-state index is 10.6. The number of hydrogen-bond acceptors (Lipinski definition) is 8. The smallest absolute Gasteiger partial charge is 0.167 e. The number of nitrogen functional groups attached to an aromatic ring is 1. The molecule has 0 bridgehead atoms. The molecule has 2 aromatic rings. The first-order chi connectivity index (χ1) is 12.5. The Morgan fingerprint density at radius 1 is 1.27 bits per heavy atom. The van der Waals surface area contributed by atoms with Crippen LogP contribution in [0.5, 0.6) is 0 Å². The second-order valence-electron chi connectivity index (χ2n) is 7.50. The number of anilines is 1. The van der Waals surface area contributed by atoms with Crippen LogP contribution in [-0.2, 0) is 4.74 Å². The highest BCUT2D eigenvalue weighted by Gasteiger charge is 2.45. The lowest BCUT2D eigenvalue weighted by molar-refractivity contribution is -0.0569. The molecule has 4 atom stereocenters. The second kappa shape index (κ2) is 6.73. The Balaban J connectivity index is 1.56. The van der Waals surface area contributed by atoms with Crippen molar-refractivity contribution in [3.05, 3.63) is 12.7 Å². The Hall–Kier alpha value is -1.81. The Labute approximate surface area is 151 Å². The van der Waals surface area contributed by atoms with E-state index < -0.39 is 24.5 Å². The van der Waals surface area contributed by atoms with Crippen molar-refractivity contribution >= 4 is 17.0 Å². The van der Waals surface area contributed by atoms with E-state index in [0.29, 0.717) is 29.8 Å². The first kappa shape index (κ1) is 17.6. The largest absolute Gasteiger partial charge is 0.387 e. The number of rotatable bonds is 5. The van der Waals surface area contributed by atoms with Gasteiger partial charge in [-0.05, 0) is 26.7 Å².